The molecule has 25 heavy (non-hydrogen) atoms. The van der Waals surface area contributed by atoms with E-state index in [4.69, 9.17) is 0 Å². The molecular formula is C16H22IN5O2S. The molecule has 1 aromatic carbocycles. The first-order chi connectivity index (χ1) is 11.6. The van der Waals surface area contributed by atoms with Crippen LogP contribution < -0.4 is 10.6 Å². The Balaban J connectivity index is 0.00000225. The molecular weight excluding hydrogens is 453 g/mol. The third-order valence-electron chi connectivity index (χ3n) is 3.93. The van der Waals surface area contributed by atoms with Gasteiger partial charge in [-0.05, 0) is 12.0 Å². The van der Waals surface area contributed by atoms with Crippen molar-refractivity contribution in [3.63, 3.8) is 0 Å². The molecule has 136 valence electrons. The summed E-state index contributed by atoms with van der Waals surface area (Å²) in [7, 11) is -1.24. The molecule has 0 saturated carbocycles. The second kappa shape index (κ2) is 8.65. The zero-order valence-corrected chi connectivity index (χ0v) is 17.0. The van der Waals surface area contributed by atoms with Crippen LogP contribution >= 0.6 is 24.0 Å². The van der Waals surface area contributed by atoms with E-state index in [0.717, 1.165) is 17.1 Å². The molecule has 1 aliphatic rings. The minimum absolute atomic E-state index is 0. The number of nitrogens with one attached hydrogen (secondary N) is 3. The van der Waals surface area contributed by atoms with Crippen molar-refractivity contribution in [1.82, 2.24) is 20.6 Å². The molecule has 2 aromatic rings. The monoisotopic (exact) mass is 475 g/mol. The minimum Gasteiger partial charge on any atom is -0.353 e. The van der Waals surface area contributed by atoms with E-state index >= 15 is 0 Å². The van der Waals surface area contributed by atoms with E-state index in [1.165, 1.54) is 0 Å². The van der Waals surface area contributed by atoms with Gasteiger partial charge in [0.1, 0.15) is 5.82 Å². The predicted octanol–water partition coefficient (Wildman–Crippen LogP) is 1.55. The number of H-pyrrole nitrogens is 1. The van der Waals surface area contributed by atoms with Crippen LogP contribution in [-0.2, 0) is 16.4 Å². The molecule has 3 rings (SSSR count). The summed E-state index contributed by atoms with van der Waals surface area (Å²) >= 11 is 0. The first kappa shape index (κ1) is 19.7. The predicted molar refractivity (Wildman–Crippen MR) is 110 cm³/mol. The van der Waals surface area contributed by atoms with Crippen molar-refractivity contribution in [3.8, 4) is 11.3 Å². The Kier molecular flexibility index (Phi) is 6.82. The van der Waals surface area contributed by atoms with Gasteiger partial charge in [-0.2, -0.15) is 0 Å². The summed E-state index contributed by atoms with van der Waals surface area (Å²) in [4.78, 5) is 11.8. The van der Waals surface area contributed by atoms with Gasteiger partial charge >= 0.3 is 0 Å². The molecule has 1 unspecified atom stereocenters. The van der Waals surface area contributed by atoms with Gasteiger partial charge in [0.2, 0.25) is 0 Å². The number of hydrogen-bond donors (Lipinski definition) is 3. The Morgan fingerprint density at radius 3 is 2.76 bits per heavy atom. The second-order valence-electron chi connectivity index (χ2n) is 5.78. The second-order valence-corrected chi connectivity index (χ2v) is 8.01. The zero-order valence-electron chi connectivity index (χ0n) is 13.9. The lowest BCUT2D eigenvalue weighted by molar-refractivity contribution is 0.599. The molecule has 1 fully saturated rings. The van der Waals surface area contributed by atoms with Gasteiger partial charge in [-0.1, -0.05) is 30.3 Å². The molecule has 3 N–H and O–H groups in total. The third-order valence-corrected chi connectivity index (χ3v) is 5.70. The van der Waals surface area contributed by atoms with Crippen molar-refractivity contribution in [3.05, 3.63) is 42.4 Å². The molecule has 0 amide bonds. The highest BCUT2D eigenvalue weighted by molar-refractivity contribution is 14.0. The van der Waals surface area contributed by atoms with Crippen LogP contribution in [0.1, 0.15) is 12.2 Å². The molecule has 1 saturated heterocycles. The topological polar surface area (TPSA) is 99.2 Å². The van der Waals surface area contributed by atoms with Crippen molar-refractivity contribution in [2.45, 2.75) is 19.0 Å². The summed E-state index contributed by atoms with van der Waals surface area (Å²) in [6, 6.07) is 9.89. The number of hydrogen-bond acceptors (Lipinski definition) is 4. The average Bonchev–Trinajstić information content (AvgIpc) is 3.18. The number of guanidine groups is 1. The van der Waals surface area contributed by atoms with E-state index in [1.54, 1.807) is 13.2 Å². The Hall–Kier alpha value is -1.62. The van der Waals surface area contributed by atoms with E-state index in [2.05, 4.69) is 25.6 Å². The summed E-state index contributed by atoms with van der Waals surface area (Å²) < 4.78 is 23.0. The lowest BCUT2D eigenvalue weighted by Crippen LogP contribution is -2.43. The van der Waals surface area contributed by atoms with E-state index in [-0.39, 0.29) is 41.5 Å². The van der Waals surface area contributed by atoms with Crippen LogP contribution in [0.3, 0.4) is 0 Å². The molecule has 1 aromatic heterocycles. The van der Waals surface area contributed by atoms with Crippen molar-refractivity contribution in [1.29, 1.82) is 0 Å². The van der Waals surface area contributed by atoms with Gasteiger partial charge in [-0.15, -0.1) is 24.0 Å². The number of sulfone groups is 1. The van der Waals surface area contributed by atoms with E-state index in [0.29, 0.717) is 18.9 Å². The van der Waals surface area contributed by atoms with Gasteiger partial charge in [-0.25, -0.2) is 13.4 Å². The zero-order chi connectivity index (χ0) is 17.0. The number of halogens is 1. The molecule has 0 radical (unpaired) electrons. The Labute approximate surface area is 164 Å². The number of rotatable bonds is 4. The molecule has 1 aliphatic heterocycles. The summed E-state index contributed by atoms with van der Waals surface area (Å²) in [5.74, 6) is 1.76. The van der Waals surface area contributed by atoms with E-state index < -0.39 is 9.84 Å². The summed E-state index contributed by atoms with van der Waals surface area (Å²) in [5, 5.41) is 6.30. The quantitative estimate of drug-likeness (QED) is 0.354. The number of aliphatic imine (C=N–C) groups is 1. The number of nitrogens with zero attached hydrogens (tertiary/aromatic N) is 2. The Bertz CT molecular complexity index is 820. The van der Waals surface area contributed by atoms with Gasteiger partial charge in [0.25, 0.3) is 0 Å². The van der Waals surface area contributed by atoms with Crippen LogP contribution in [0, 0.1) is 0 Å². The largest absolute Gasteiger partial charge is 0.353 e. The van der Waals surface area contributed by atoms with Crippen LogP contribution in [0.4, 0.5) is 0 Å². The van der Waals surface area contributed by atoms with Crippen molar-refractivity contribution >= 4 is 39.8 Å². The maximum atomic E-state index is 11.5. The molecule has 0 aliphatic carbocycles. The first-order valence-corrected chi connectivity index (χ1v) is 9.65. The number of benzene rings is 1. The molecule has 9 heteroatoms. The fraction of sp³-hybridized carbons (Fsp3) is 0.375. The van der Waals surface area contributed by atoms with E-state index in [1.807, 2.05) is 30.3 Å². The Morgan fingerprint density at radius 1 is 1.36 bits per heavy atom. The van der Waals surface area contributed by atoms with Crippen LogP contribution in [0.15, 0.2) is 41.5 Å². The summed E-state index contributed by atoms with van der Waals surface area (Å²) in [6.45, 7) is 0.478. The van der Waals surface area contributed by atoms with Crippen LogP contribution in [0.5, 0.6) is 0 Å². The van der Waals surface area contributed by atoms with Crippen molar-refractivity contribution in [2.75, 3.05) is 18.6 Å². The SMILES string of the molecule is CN=C(NCc1ncc(-c2ccccc2)[nH]1)NC1CCS(=O)(=O)C1.I. The van der Waals surface area contributed by atoms with Crippen molar-refractivity contribution < 1.29 is 8.42 Å². The summed E-state index contributed by atoms with van der Waals surface area (Å²) in [5.41, 5.74) is 2.03. The van der Waals surface area contributed by atoms with Gasteiger partial charge in [0.15, 0.2) is 15.8 Å². The highest BCUT2D eigenvalue weighted by Crippen LogP contribution is 2.16. The molecule has 2 heterocycles. The lowest BCUT2D eigenvalue weighted by Gasteiger charge is -2.15. The Morgan fingerprint density at radius 2 is 2.12 bits per heavy atom. The molecule has 7 nitrogen and oxygen atoms in total. The van der Waals surface area contributed by atoms with Crippen LogP contribution in [-0.4, -0.2) is 48.9 Å². The fourth-order valence-electron chi connectivity index (χ4n) is 2.68. The number of aromatic nitrogens is 2. The minimum atomic E-state index is -2.91. The standard InChI is InChI=1S/C16H21N5O2S.HI/c1-17-16(20-13-7-8-24(22,23)11-13)19-10-15-18-9-14(21-15)12-5-3-2-4-6-12;/h2-6,9,13H,7-8,10-11H2,1H3,(H,18,21)(H2,17,19,20);1H. The van der Waals surface area contributed by atoms with Gasteiger partial charge in [0, 0.05) is 13.1 Å². The fourth-order valence-corrected chi connectivity index (χ4v) is 4.35. The summed E-state index contributed by atoms with van der Waals surface area (Å²) in [6.07, 6.45) is 2.41. The van der Waals surface area contributed by atoms with Gasteiger partial charge in [-0.3, -0.25) is 4.99 Å². The van der Waals surface area contributed by atoms with Crippen LogP contribution in [0.25, 0.3) is 11.3 Å². The number of aromatic amines is 1. The van der Waals surface area contributed by atoms with Crippen LogP contribution in [0.2, 0.25) is 0 Å². The maximum absolute atomic E-state index is 11.5. The first-order valence-electron chi connectivity index (χ1n) is 7.82. The normalized spacial score (nSPS) is 19.2. The highest BCUT2D eigenvalue weighted by Gasteiger charge is 2.28. The third kappa shape index (κ3) is 5.43. The number of imidazole rings is 1. The van der Waals surface area contributed by atoms with Gasteiger partial charge < -0.3 is 15.6 Å². The van der Waals surface area contributed by atoms with Crippen molar-refractivity contribution in [2.24, 2.45) is 4.99 Å². The highest BCUT2D eigenvalue weighted by atomic mass is 127. The maximum Gasteiger partial charge on any atom is 0.191 e. The average molecular weight is 475 g/mol. The lowest BCUT2D eigenvalue weighted by atomic mass is 10.2. The molecule has 0 bridgehead atoms. The smallest absolute Gasteiger partial charge is 0.191 e. The van der Waals surface area contributed by atoms with E-state index in [9.17, 15) is 8.42 Å². The van der Waals surface area contributed by atoms with Gasteiger partial charge in [0.05, 0.1) is 29.9 Å². The molecule has 0 spiro atoms. The molecule has 1 atom stereocenters.